The first-order chi connectivity index (χ1) is 9.29. The average Bonchev–Trinajstić information content (AvgIpc) is 3.20. The summed E-state index contributed by atoms with van der Waals surface area (Å²) < 4.78 is 0. The van der Waals surface area contributed by atoms with Crippen LogP contribution in [0.1, 0.15) is 29.8 Å². The molecule has 0 aromatic carbocycles. The van der Waals surface area contributed by atoms with Crippen molar-refractivity contribution in [1.29, 1.82) is 0 Å². The van der Waals surface area contributed by atoms with Gasteiger partial charge in [0, 0.05) is 43.1 Å². The molecule has 1 atom stereocenters. The molecule has 1 aliphatic heterocycles. The number of nitrogens with two attached hydrogens (primary N) is 1. The van der Waals surface area contributed by atoms with Crippen molar-refractivity contribution in [3.63, 3.8) is 0 Å². The molecule has 1 unspecified atom stereocenters. The summed E-state index contributed by atoms with van der Waals surface area (Å²) in [4.78, 5) is 11.3. The van der Waals surface area contributed by atoms with E-state index < -0.39 is 0 Å². The van der Waals surface area contributed by atoms with Crippen LogP contribution in [0.2, 0.25) is 0 Å². The lowest BCUT2D eigenvalue weighted by Crippen LogP contribution is -2.52. The fraction of sp³-hybridized carbons (Fsp3) is 0.786. The quantitative estimate of drug-likeness (QED) is 0.887. The zero-order valence-corrected chi connectivity index (χ0v) is 12.2. The summed E-state index contributed by atoms with van der Waals surface area (Å²) in [5.41, 5.74) is 7.10. The van der Waals surface area contributed by atoms with Crippen molar-refractivity contribution in [3.05, 3.63) is 10.6 Å². The van der Waals surface area contributed by atoms with Gasteiger partial charge in [0.1, 0.15) is 0 Å². The van der Waals surface area contributed by atoms with Gasteiger partial charge in [0.25, 0.3) is 0 Å². The number of nitrogen functional groups attached to an aromatic ring is 1. The molecule has 1 aromatic rings. The Labute approximate surface area is 118 Å². The average molecular weight is 278 g/mol. The van der Waals surface area contributed by atoms with Crippen LogP contribution >= 0.6 is 11.3 Å². The van der Waals surface area contributed by atoms with Crippen LogP contribution in [0.4, 0.5) is 5.13 Å². The Balaban J connectivity index is 1.38. The Morgan fingerprint density at radius 3 is 2.37 bits per heavy atom. The number of fused-ring (bicyclic) bond motifs is 1. The maximum atomic E-state index is 5.83. The molecule has 2 aliphatic carbocycles. The van der Waals surface area contributed by atoms with E-state index in [0.29, 0.717) is 0 Å². The van der Waals surface area contributed by atoms with Crippen molar-refractivity contribution in [2.75, 3.05) is 31.9 Å². The van der Waals surface area contributed by atoms with E-state index in [-0.39, 0.29) is 0 Å². The molecule has 19 heavy (non-hydrogen) atoms. The van der Waals surface area contributed by atoms with Gasteiger partial charge in [0.2, 0.25) is 0 Å². The third kappa shape index (κ3) is 2.39. The minimum Gasteiger partial charge on any atom is -0.375 e. The Morgan fingerprint density at radius 1 is 1.00 bits per heavy atom. The van der Waals surface area contributed by atoms with E-state index in [1.165, 1.54) is 62.4 Å². The number of rotatable bonds is 2. The number of anilines is 1. The zero-order chi connectivity index (χ0) is 12.8. The van der Waals surface area contributed by atoms with E-state index in [2.05, 4.69) is 14.8 Å². The molecule has 2 fully saturated rings. The smallest absolute Gasteiger partial charge is 0.180 e. The van der Waals surface area contributed by atoms with Crippen molar-refractivity contribution < 1.29 is 0 Å². The van der Waals surface area contributed by atoms with Crippen molar-refractivity contribution in [3.8, 4) is 0 Å². The van der Waals surface area contributed by atoms with Gasteiger partial charge in [-0.15, -0.1) is 11.3 Å². The highest BCUT2D eigenvalue weighted by atomic mass is 32.1. The van der Waals surface area contributed by atoms with Gasteiger partial charge in [-0.05, 0) is 32.1 Å². The fourth-order valence-electron chi connectivity index (χ4n) is 3.60. The molecule has 0 spiro atoms. The van der Waals surface area contributed by atoms with E-state index >= 15 is 0 Å². The van der Waals surface area contributed by atoms with E-state index in [4.69, 9.17) is 5.73 Å². The number of hydrogen-bond acceptors (Lipinski definition) is 5. The second-order valence-corrected chi connectivity index (χ2v) is 7.24. The molecule has 1 saturated heterocycles. The third-order valence-electron chi connectivity index (χ3n) is 4.86. The molecular formula is C14H22N4S. The summed E-state index contributed by atoms with van der Waals surface area (Å²) in [6, 6.07) is 1.66. The highest BCUT2D eigenvalue weighted by Gasteiger charge is 2.34. The van der Waals surface area contributed by atoms with Gasteiger partial charge < -0.3 is 5.73 Å². The van der Waals surface area contributed by atoms with Crippen LogP contribution in [0.15, 0.2) is 0 Å². The summed E-state index contributed by atoms with van der Waals surface area (Å²) in [5.74, 6) is 0. The Hall–Kier alpha value is -0.650. The van der Waals surface area contributed by atoms with Gasteiger partial charge >= 0.3 is 0 Å². The van der Waals surface area contributed by atoms with E-state index in [0.717, 1.165) is 23.6 Å². The maximum Gasteiger partial charge on any atom is 0.180 e. The Kier molecular flexibility index (Phi) is 3.01. The molecule has 4 rings (SSSR count). The molecule has 1 saturated carbocycles. The topological polar surface area (TPSA) is 45.4 Å². The summed E-state index contributed by atoms with van der Waals surface area (Å²) in [6.07, 6.45) is 6.43. The normalized spacial score (nSPS) is 29.4. The minimum atomic E-state index is 0.730. The van der Waals surface area contributed by atoms with Crippen LogP contribution in [0, 0.1) is 0 Å². The number of hydrogen-bond donors (Lipinski definition) is 1. The predicted molar refractivity (Wildman–Crippen MR) is 78.5 cm³/mol. The van der Waals surface area contributed by atoms with Gasteiger partial charge in [-0.1, -0.05) is 0 Å². The van der Waals surface area contributed by atoms with Gasteiger partial charge in [-0.2, -0.15) is 0 Å². The molecule has 0 amide bonds. The molecule has 1 aromatic heterocycles. The molecule has 3 aliphatic rings. The van der Waals surface area contributed by atoms with Crippen molar-refractivity contribution in [2.45, 2.75) is 44.2 Å². The van der Waals surface area contributed by atoms with E-state index in [1.54, 1.807) is 11.3 Å². The van der Waals surface area contributed by atoms with Crippen LogP contribution < -0.4 is 5.73 Å². The third-order valence-corrected chi connectivity index (χ3v) is 5.81. The first-order valence-corrected chi connectivity index (χ1v) is 8.33. The maximum absolute atomic E-state index is 5.83. The molecule has 5 heteroatoms. The summed E-state index contributed by atoms with van der Waals surface area (Å²) in [5, 5.41) is 0.754. The SMILES string of the molecule is Nc1nc2c(s1)CC(N1CCN(C3CC3)CC1)CC2. The summed E-state index contributed by atoms with van der Waals surface area (Å²) in [6.45, 7) is 5.06. The molecular weight excluding hydrogens is 256 g/mol. The largest absolute Gasteiger partial charge is 0.375 e. The van der Waals surface area contributed by atoms with Gasteiger partial charge in [0.15, 0.2) is 5.13 Å². The van der Waals surface area contributed by atoms with E-state index in [1.807, 2.05) is 0 Å². The lowest BCUT2D eigenvalue weighted by molar-refractivity contribution is 0.0856. The highest BCUT2D eigenvalue weighted by Crippen LogP contribution is 2.32. The van der Waals surface area contributed by atoms with Crippen molar-refractivity contribution in [2.24, 2.45) is 0 Å². The molecule has 104 valence electrons. The standard InChI is InChI=1S/C14H22N4S/c15-14-16-12-4-3-11(9-13(12)19-14)18-7-5-17(6-8-18)10-1-2-10/h10-11H,1-9H2,(H2,15,16). The zero-order valence-electron chi connectivity index (χ0n) is 11.3. The Morgan fingerprint density at radius 2 is 1.68 bits per heavy atom. The highest BCUT2D eigenvalue weighted by molar-refractivity contribution is 7.15. The molecule has 2 N–H and O–H groups in total. The first-order valence-electron chi connectivity index (χ1n) is 7.52. The van der Waals surface area contributed by atoms with Crippen molar-refractivity contribution >= 4 is 16.5 Å². The monoisotopic (exact) mass is 278 g/mol. The second kappa shape index (κ2) is 4.72. The van der Waals surface area contributed by atoms with Crippen LogP contribution in [0.3, 0.4) is 0 Å². The van der Waals surface area contributed by atoms with Crippen LogP contribution in [0.25, 0.3) is 0 Å². The summed E-state index contributed by atoms with van der Waals surface area (Å²) >= 11 is 1.70. The lowest BCUT2D eigenvalue weighted by Gasteiger charge is -2.40. The summed E-state index contributed by atoms with van der Waals surface area (Å²) in [7, 11) is 0. The number of aryl methyl sites for hydroxylation is 1. The predicted octanol–water partition coefficient (Wildman–Crippen LogP) is 1.36. The van der Waals surface area contributed by atoms with Gasteiger partial charge in [0.05, 0.1) is 5.69 Å². The second-order valence-electron chi connectivity index (χ2n) is 6.12. The number of nitrogens with zero attached hydrogens (tertiary/aromatic N) is 3. The van der Waals surface area contributed by atoms with Gasteiger partial charge in [-0.3, -0.25) is 9.80 Å². The first kappa shape index (κ1) is 12.1. The lowest BCUT2D eigenvalue weighted by atomic mass is 9.96. The number of aromatic nitrogens is 1. The molecule has 0 bridgehead atoms. The van der Waals surface area contributed by atoms with Crippen molar-refractivity contribution in [1.82, 2.24) is 14.8 Å². The molecule has 2 heterocycles. The van der Waals surface area contributed by atoms with Crippen LogP contribution in [-0.4, -0.2) is 53.0 Å². The van der Waals surface area contributed by atoms with Crippen LogP contribution in [-0.2, 0) is 12.8 Å². The minimum absolute atomic E-state index is 0.730. The van der Waals surface area contributed by atoms with Crippen LogP contribution in [0.5, 0.6) is 0 Å². The molecule has 0 radical (unpaired) electrons. The number of piperazine rings is 1. The Bertz CT molecular complexity index is 460. The van der Waals surface area contributed by atoms with E-state index in [9.17, 15) is 0 Å². The number of thiazole rings is 1. The molecule has 4 nitrogen and oxygen atoms in total. The van der Waals surface area contributed by atoms with Gasteiger partial charge in [-0.25, -0.2) is 4.98 Å². The fourth-order valence-corrected chi connectivity index (χ4v) is 4.55.